The van der Waals surface area contributed by atoms with Crippen LogP contribution in [0.25, 0.3) is 0 Å². The number of carbonyl (C=O) groups excluding carboxylic acids is 1. The van der Waals surface area contributed by atoms with Gasteiger partial charge >= 0.3 is 5.97 Å². The number of rotatable bonds is 18. The fourth-order valence-corrected chi connectivity index (χ4v) is 8.10. The number of carbonyl (C=O) groups is 2. The highest BCUT2D eigenvalue weighted by Crippen LogP contribution is 2.52. The Balaban J connectivity index is 1.70. The van der Waals surface area contributed by atoms with Gasteiger partial charge in [-0.2, -0.15) is 16.8 Å². The number of anilines is 1. The smallest absolute Gasteiger partial charge is 0.335 e. The number of thiol groups is 1. The van der Waals surface area contributed by atoms with Crippen LogP contribution >= 0.6 is 0 Å². The van der Waals surface area contributed by atoms with Crippen LogP contribution in [0.3, 0.4) is 0 Å². The van der Waals surface area contributed by atoms with Crippen molar-refractivity contribution >= 4 is 54.2 Å². The first-order chi connectivity index (χ1) is 27.1. The number of allylic oxidation sites excluding steroid dienone is 6. The fourth-order valence-electron chi connectivity index (χ4n) is 6.69. The van der Waals surface area contributed by atoms with Gasteiger partial charge in [0, 0.05) is 54.6 Å². The molecule has 0 saturated heterocycles. The highest BCUT2D eigenvalue weighted by Gasteiger charge is 2.45. The number of likely N-dealkylation sites (N-methyl/N-ethyl adjacent to an activating group) is 1. The van der Waals surface area contributed by atoms with Crippen molar-refractivity contribution in [3.8, 4) is 0 Å². The number of aliphatic imine (C=N–C) groups is 1. The zero-order valence-corrected chi connectivity index (χ0v) is 35.2. The second-order valence-corrected chi connectivity index (χ2v) is 18.3. The van der Waals surface area contributed by atoms with Crippen molar-refractivity contribution in [3.63, 3.8) is 0 Å². The first-order valence-corrected chi connectivity index (χ1v) is 22.4. The van der Waals surface area contributed by atoms with Crippen LogP contribution in [-0.4, -0.2) is 107 Å². The molecule has 1 amide bonds. The zero-order valence-electron chi connectivity index (χ0n) is 32.7. The van der Waals surface area contributed by atoms with E-state index in [-0.39, 0.29) is 34.8 Å². The second kappa shape index (κ2) is 18.8. The Morgan fingerprint density at radius 1 is 1.02 bits per heavy atom. The summed E-state index contributed by atoms with van der Waals surface area (Å²) in [5, 5.41) is 13.6. The van der Waals surface area contributed by atoms with Crippen LogP contribution in [0.15, 0.2) is 112 Å². The van der Waals surface area contributed by atoms with Crippen molar-refractivity contribution < 1.29 is 53.9 Å². The number of benzene rings is 2. The summed E-state index contributed by atoms with van der Waals surface area (Å²) in [5.41, 5.74) is 2.25. The average molecular weight is 861 g/mol. The number of amides is 1. The molecule has 2 aliphatic heterocycles. The van der Waals surface area contributed by atoms with E-state index < -0.39 is 59.4 Å². The molecule has 0 aliphatic carbocycles. The highest BCUT2D eigenvalue weighted by molar-refractivity contribution is 7.86. The molecule has 0 fully saturated rings. The maximum Gasteiger partial charge on any atom is 0.335 e. The topological polar surface area (TPSA) is 237 Å². The van der Waals surface area contributed by atoms with Gasteiger partial charge in [-0.3, -0.25) is 23.7 Å². The van der Waals surface area contributed by atoms with Gasteiger partial charge < -0.3 is 15.3 Å². The quantitative estimate of drug-likeness (QED) is 0.0357. The Hall–Kier alpha value is -4.92. The van der Waals surface area contributed by atoms with Gasteiger partial charge in [0.25, 0.3) is 26.1 Å². The third-order valence-electron chi connectivity index (χ3n) is 10.0. The van der Waals surface area contributed by atoms with E-state index in [1.165, 1.54) is 50.7 Å². The fraction of sp³-hybridized carbons (Fsp3) is 0.359. The van der Waals surface area contributed by atoms with Crippen LogP contribution in [0.4, 0.5) is 5.69 Å². The highest BCUT2D eigenvalue weighted by atomic mass is 32.2. The molecule has 314 valence electrons. The number of hydroxylamine groups is 2. The minimum Gasteiger partial charge on any atom is -0.478 e. The molecular weight excluding hydrogens is 813 g/mol. The van der Waals surface area contributed by atoms with Gasteiger partial charge in [0.15, 0.2) is 0 Å². The minimum atomic E-state index is -4.63. The number of nitrogens with one attached hydrogen (secondary N) is 1. The molecule has 2 aliphatic rings. The van der Waals surface area contributed by atoms with E-state index in [0.29, 0.717) is 42.0 Å². The van der Waals surface area contributed by atoms with Crippen molar-refractivity contribution in [1.29, 1.82) is 0 Å². The second-order valence-electron chi connectivity index (χ2n) is 14.2. The average Bonchev–Trinajstić information content (AvgIpc) is 3.56. The maximum atomic E-state index is 13.1. The molecule has 2 heterocycles. The third-order valence-corrected chi connectivity index (χ3v) is 12.4. The molecule has 0 aromatic heterocycles. The van der Waals surface area contributed by atoms with E-state index in [1.54, 1.807) is 54.3 Å². The number of hydrogen-bond donors (Lipinski definition) is 5. The molecule has 0 spiro atoms. The summed E-state index contributed by atoms with van der Waals surface area (Å²) < 4.78 is 89.1. The molecule has 58 heavy (non-hydrogen) atoms. The van der Waals surface area contributed by atoms with Crippen LogP contribution in [0, 0.1) is 5.41 Å². The summed E-state index contributed by atoms with van der Waals surface area (Å²) >= 11 is 0. The molecule has 4 rings (SSSR count). The number of carboxylic acid groups (broad SMARTS) is 1. The van der Waals surface area contributed by atoms with E-state index in [0.717, 1.165) is 16.3 Å². The molecule has 0 saturated carbocycles. The number of hydrogen-bond acceptors (Lipinski definition) is 12. The van der Waals surface area contributed by atoms with Crippen molar-refractivity contribution in [2.75, 3.05) is 50.2 Å². The first-order valence-electron chi connectivity index (χ1n) is 18.0. The molecule has 16 nitrogen and oxygen atoms in total. The van der Waals surface area contributed by atoms with Gasteiger partial charge in [0.05, 0.1) is 40.9 Å². The van der Waals surface area contributed by atoms with Gasteiger partial charge in [-0.1, -0.05) is 44.2 Å². The van der Waals surface area contributed by atoms with Crippen LogP contribution in [0.5, 0.6) is 0 Å². The number of fused-ring (bicyclic) bond motifs is 1. The Bertz CT molecular complexity index is 2390. The van der Waals surface area contributed by atoms with E-state index in [1.807, 2.05) is 19.9 Å². The van der Waals surface area contributed by atoms with E-state index in [4.69, 9.17) is 9.83 Å². The summed E-state index contributed by atoms with van der Waals surface area (Å²) in [7, 11) is -8.61. The monoisotopic (exact) mass is 860 g/mol. The molecule has 2 aromatic rings. The van der Waals surface area contributed by atoms with Crippen molar-refractivity contribution in [3.05, 3.63) is 119 Å². The third kappa shape index (κ3) is 11.0. The predicted octanol–water partition coefficient (Wildman–Crippen LogP) is 3.93. The summed E-state index contributed by atoms with van der Waals surface area (Å²) in [6.45, 7) is 6.46. The van der Waals surface area contributed by atoms with E-state index >= 15 is 0 Å². The van der Waals surface area contributed by atoms with Gasteiger partial charge in [0.1, 0.15) is 10.7 Å². The van der Waals surface area contributed by atoms with Crippen molar-refractivity contribution in [1.82, 2.24) is 10.4 Å². The molecule has 2 aromatic carbocycles. The molecule has 4 N–H and O–H groups in total. The lowest BCUT2D eigenvalue weighted by atomic mass is 9.75. The lowest BCUT2D eigenvalue weighted by molar-refractivity contribution is -0.163. The van der Waals surface area contributed by atoms with Crippen LogP contribution < -0.4 is 10.2 Å². The lowest BCUT2D eigenvalue weighted by Gasteiger charge is -2.31. The normalized spacial score (nSPS) is 19.8. The van der Waals surface area contributed by atoms with E-state index in [9.17, 15) is 49.1 Å². The molecule has 1 atom stereocenters. The zero-order chi connectivity index (χ0) is 43.1. The number of aromatic carboxylic acids is 1. The Morgan fingerprint density at radius 2 is 1.71 bits per heavy atom. The van der Waals surface area contributed by atoms with Gasteiger partial charge in [-0.05, 0) is 85.0 Å². The van der Waals surface area contributed by atoms with E-state index in [2.05, 4.69) is 5.32 Å². The predicted molar refractivity (Wildman–Crippen MR) is 221 cm³/mol. The Labute approximate surface area is 340 Å². The summed E-state index contributed by atoms with van der Waals surface area (Å²) in [6.07, 6.45) is 12.4. The summed E-state index contributed by atoms with van der Waals surface area (Å²) in [4.78, 5) is 36.0. The minimum absolute atomic E-state index is 0.00230. The molecular formula is C39H48N4O12S3. The summed E-state index contributed by atoms with van der Waals surface area (Å²) in [5.74, 6) is -2.09. The van der Waals surface area contributed by atoms with Gasteiger partial charge in [-0.25, -0.2) is 18.3 Å². The maximum absolute atomic E-state index is 13.1. The standard InChI is InChI=1S/C39H48N4O12S3/c1-38(2)30(23-28(36(44)42(4)55-5)25-40-19-9-21-56(47)48)26-41-34(38)11-7-6-8-12-35-39(3,29-15-13-27(14-16-29)37(45)46)32-24-31(58(52,53)54)17-18-33(32)43(35)20-10-22-57(49,50)51/h6-8,11-18,23-25,40,56H,9-10,19-22,26H2,1-5H3,(H,45,46)(H,49,50,51)(H,52,53,54)/b8-6+,11-7+,28-25+,30-23+,35-12+. The van der Waals surface area contributed by atoms with Crippen LogP contribution in [0.1, 0.15) is 55.1 Å². The van der Waals surface area contributed by atoms with Crippen LogP contribution in [-0.2, 0) is 46.0 Å². The Kier molecular flexibility index (Phi) is 14.8. The van der Waals surface area contributed by atoms with Gasteiger partial charge in [-0.15, -0.1) is 0 Å². The lowest BCUT2D eigenvalue weighted by Crippen LogP contribution is -2.31. The van der Waals surface area contributed by atoms with Crippen LogP contribution in [0.2, 0.25) is 0 Å². The first kappa shape index (κ1) is 45.8. The largest absolute Gasteiger partial charge is 0.478 e. The van der Waals surface area contributed by atoms with Crippen molar-refractivity contribution in [2.24, 2.45) is 10.4 Å². The Morgan fingerprint density at radius 3 is 2.31 bits per heavy atom. The SMILES string of the molecule is CON(C)C(=O)C(/C=C1\CN=C(/C=C/C=C/C=C2/N(CCCS(=O)(=O)O)c3ccc(S(=O)(=O)O)cc3C2(C)c2ccc(C(=O)O)cc2)C1(C)C)=C/NCCC[SH](=O)=O. The summed E-state index contributed by atoms with van der Waals surface area (Å²) in [6, 6.07) is 10.1. The number of nitrogens with zero attached hydrogens (tertiary/aromatic N) is 3. The van der Waals surface area contributed by atoms with Gasteiger partial charge in [0.2, 0.25) is 0 Å². The molecule has 0 radical (unpaired) electrons. The molecule has 19 heteroatoms. The van der Waals surface area contributed by atoms with Crippen molar-refractivity contribution in [2.45, 2.75) is 43.9 Å². The molecule has 1 unspecified atom stereocenters. The number of carboxylic acids is 1. The molecule has 0 bridgehead atoms.